The number of benzene rings is 4. The highest BCUT2D eigenvalue weighted by molar-refractivity contribution is 9.10. The molecule has 0 saturated heterocycles. The van der Waals surface area contributed by atoms with Crippen LogP contribution in [-0.2, 0) is 0 Å². The van der Waals surface area contributed by atoms with E-state index >= 15 is 0 Å². The molecular formula is C26H21Br. The van der Waals surface area contributed by atoms with Crippen LogP contribution >= 0.6 is 15.9 Å². The van der Waals surface area contributed by atoms with Crippen LogP contribution in [-0.4, -0.2) is 0 Å². The minimum absolute atomic E-state index is 1.10. The van der Waals surface area contributed by atoms with Crippen LogP contribution in [0.3, 0.4) is 0 Å². The summed E-state index contributed by atoms with van der Waals surface area (Å²) < 4.78 is 1.10. The van der Waals surface area contributed by atoms with Crippen molar-refractivity contribution in [3.05, 3.63) is 107 Å². The van der Waals surface area contributed by atoms with Crippen LogP contribution in [0.2, 0.25) is 0 Å². The van der Waals surface area contributed by atoms with Crippen molar-refractivity contribution in [2.24, 2.45) is 0 Å². The zero-order valence-corrected chi connectivity index (χ0v) is 17.1. The number of hydrogen-bond acceptors (Lipinski definition) is 0. The van der Waals surface area contributed by atoms with Gasteiger partial charge in [0.2, 0.25) is 0 Å². The highest BCUT2D eigenvalue weighted by Gasteiger charge is 2.07. The standard InChI is InChI=1S/C26H21Br/c1-18-5-3-4-6-25(18)26-17-23(8-7-19(26)2)22-11-9-20(10-12-22)21-13-15-24(27)16-14-21/h3-17H,1-2H3. The maximum absolute atomic E-state index is 3.50. The first-order valence-electron chi connectivity index (χ1n) is 9.15. The third-order valence-electron chi connectivity index (χ3n) is 5.07. The van der Waals surface area contributed by atoms with Gasteiger partial charge in [0.25, 0.3) is 0 Å². The van der Waals surface area contributed by atoms with Crippen LogP contribution < -0.4 is 0 Å². The van der Waals surface area contributed by atoms with Crippen molar-refractivity contribution in [3.8, 4) is 33.4 Å². The third kappa shape index (κ3) is 3.74. The number of aryl methyl sites for hydroxylation is 2. The van der Waals surface area contributed by atoms with Gasteiger partial charge in [-0.2, -0.15) is 0 Å². The molecule has 0 fully saturated rings. The van der Waals surface area contributed by atoms with E-state index < -0.39 is 0 Å². The third-order valence-corrected chi connectivity index (χ3v) is 5.60. The molecule has 0 saturated carbocycles. The molecule has 4 aromatic rings. The average Bonchev–Trinajstić information content (AvgIpc) is 2.70. The summed E-state index contributed by atoms with van der Waals surface area (Å²) in [5.41, 5.74) is 10.2. The van der Waals surface area contributed by atoms with Crippen LogP contribution in [0, 0.1) is 13.8 Å². The molecule has 0 aliphatic heterocycles. The van der Waals surface area contributed by atoms with Gasteiger partial charge in [-0.15, -0.1) is 0 Å². The van der Waals surface area contributed by atoms with Gasteiger partial charge in [-0.05, 0) is 76.6 Å². The van der Waals surface area contributed by atoms with Crippen molar-refractivity contribution >= 4 is 15.9 Å². The Labute approximate surface area is 169 Å². The van der Waals surface area contributed by atoms with Crippen LogP contribution in [0.5, 0.6) is 0 Å². The largest absolute Gasteiger partial charge is 0.0620 e. The summed E-state index contributed by atoms with van der Waals surface area (Å²) in [6.45, 7) is 4.36. The highest BCUT2D eigenvalue weighted by atomic mass is 79.9. The summed E-state index contributed by atoms with van der Waals surface area (Å²) in [6, 6.07) is 32.6. The van der Waals surface area contributed by atoms with E-state index in [1.807, 2.05) is 0 Å². The Morgan fingerprint density at radius 2 is 0.963 bits per heavy atom. The lowest BCUT2D eigenvalue weighted by Gasteiger charge is -2.12. The van der Waals surface area contributed by atoms with E-state index in [2.05, 4.69) is 121 Å². The molecule has 0 amide bonds. The van der Waals surface area contributed by atoms with Gasteiger partial charge < -0.3 is 0 Å². The van der Waals surface area contributed by atoms with Gasteiger partial charge in [0.1, 0.15) is 0 Å². The zero-order valence-electron chi connectivity index (χ0n) is 15.5. The molecule has 0 aliphatic carbocycles. The molecule has 0 aromatic heterocycles. The van der Waals surface area contributed by atoms with Gasteiger partial charge in [-0.1, -0.05) is 88.7 Å². The van der Waals surface area contributed by atoms with E-state index in [0.717, 1.165) is 4.47 Å². The number of rotatable bonds is 3. The Morgan fingerprint density at radius 1 is 0.481 bits per heavy atom. The fourth-order valence-corrected chi connectivity index (χ4v) is 3.73. The van der Waals surface area contributed by atoms with E-state index in [9.17, 15) is 0 Å². The summed E-state index contributed by atoms with van der Waals surface area (Å²) >= 11 is 3.50. The molecule has 0 unspecified atom stereocenters. The van der Waals surface area contributed by atoms with Crippen LogP contribution in [0.15, 0.2) is 95.5 Å². The lowest BCUT2D eigenvalue weighted by atomic mass is 9.92. The maximum Gasteiger partial charge on any atom is 0.0175 e. The van der Waals surface area contributed by atoms with Gasteiger partial charge >= 0.3 is 0 Å². The molecule has 0 N–H and O–H groups in total. The molecule has 0 radical (unpaired) electrons. The topological polar surface area (TPSA) is 0 Å². The van der Waals surface area contributed by atoms with Crippen molar-refractivity contribution in [1.82, 2.24) is 0 Å². The summed E-state index contributed by atoms with van der Waals surface area (Å²) in [5, 5.41) is 0. The second-order valence-corrected chi connectivity index (χ2v) is 7.84. The number of hydrogen-bond donors (Lipinski definition) is 0. The predicted octanol–water partition coefficient (Wildman–Crippen LogP) is 8.07. The van der Waals surface area contributed by atoms with Crippen molar-refractivity contribution in [2.45, 2.75) is 13.8 Å². The first kappa shape index (κ1) is 17.8. The van der Waals surface area contributed by atoms with Gasteiger partial charge in [-0.25, -0.2) is 0 Å². The zero-order chi connectivity index (χ0) is 18.8. The van der Waals surface area contributed by atoms with Crippen molar-refractivity contribution in [3.63, 3.8) is 0 Å². The molecular weight excluding hydrogens is 392 g/mol. The van der Waals surface area contributed by atoms with Crippen LogP contribution in [0.1, 0.15) is 11.1 Å². The SMILES string of the molecule is Cc1ccccc1-c1cc(-c2ccc(-c3ccc(Br)cc3)cc2)ccc1C. The summed E-state index contributed by atoms with van der Waals surface area (Å²) in [6.07, 6.45) is 0. The minimum atomic E-state index is 1.10. The molecule has 0 spiro atoms. The Morgan fingerprint density at radius 3 is 1.59 bits per heavy atom. The number of halogens is 1. The second kappa shape index (κ2) is 7.54. The second-order valence-electron chi connectivity index (χ2n) is 6.93. The molecule has 27 heavy (non-hydrogen) atoms. The summed E-state index contributed by atoms with van der Waals surface area (Å²) in [4.78, 5) is 0. The molecule has 0 atom stereocenters. The highest BCUT2D eigenvalue weighted by Crippen LogP contribution is 2.32. The monoisotopic (exact) mass is 412 g/mol. The Kier molecular flexibility index (Phi) is 4.96. The summed E-state index contributed by atoms with van der Waals surface area (Å²) in [5.74, 6) is 0. The van der Waals surface area contributed by atoms with Gasteiger partial charge in [0.15, 0.2) is 0 Å². The lowest BCUT2D eigenvalue weighted by molar-refractivity contribution is 1.41. The first-order valence-corrected chi connectivity index (χ1v) is 9.94. The molecule has 4 rings (SSSR count). The molecule has 1 heteroatoms. The molecule has 4 aromatic carbocycles. The first-order chi connectivity index (χ1) is 13.1. The molecule has 132 valence electrons. The van der Waals surface area contributed by atoms with Gasteiger partial charge in [0.05, 0.1) is 0 Å². The molecule has 0 aliphatic rings. The van der Waals surface area contributed by atoms with E-state index in [0.29, 0.717) is 0 Å². The lowest BCUT2D eigenvalue weighted by Crippen LogP contribution is -1.88. The smallest absolute Gasteiger partial charge is 0.0175 e. The molecule has 0 heterocycles. The fraction of sp³-hybridized carbons (Fsp3) is 0.0769. The van der Waals surface area contributed by atoms with Crippen LogP contribution in [0.4, 0.5) is 0 Å². The maximum atomic E-state index is 3.50. The van der Waals surface area contributed by atoms with Gasteiger partial charge in [-0.3, -0.25) is 0 Å². The average molecular weight is 413 g/mol. The van der Waals surface area contributed by atoms with Gasteiger partial charge in [0, 0.05) is 4.47 Å². The molecule has 0 nitrogen and oxygen atoms in total. The van der Waals surface area contributed by atoms with E-state index in [1.165, 1.54) is 44.5 Å². The van der Waals surface area contributed by atoms with Crippen molar-refractivity contribution < 1.29 is 0 Å². The Bertz CT molecular complexity index is 1070. The summed E-state index contributed by atoms with van der Waals surface area (Å²) in [7, 11) is 0. The Balaban J connectivity index is 1.71. The fourth-order valence-electron chi connectivity index (χ4n) is 3.46. The van der Waals surface area contributed by atoms with Crippen molar-refractivity contribution in [2.75, 3.05) is 0 Å². The van der Waals surface area contributed by atoms with Crippen molar-refractivity contribution in [1.29, 1.82) is 0 Å². The Hall–Kier alpha value is -2.64. The van der Waals surface area contributed by atoms with E-state index in [4.69, 9.17) is 0 Å². The van der Waals surface area contributed by atoms with Crippen LogP contribution in [0.25, 0.3) is 33.4 Å². The predicted molar refractivity (Wildman–Crippen MR) is 120 cm³/mol. The normalized spacial score (nSPS) is 10.8. The van der Waals surface area contributed by atoms with E-state index in [1.54, 1.807) is 0 Å². The quantitative estimate of drug-likeness (QED) is 0.319. The van der Waals surface area contributed by atoms with E-state index in [-0.39, 0.29) is 0 Å². The minimum Gasteiger partial charge on any atom is -0.0620 e. The molecule has 0 bridgehead atoms.